The molecule has 3 aromatic rings. The molecule has 230 valence electrons. The van der Waals surface area contributed by atoms with E-state index in [1.165, 1.54) is 6.07 Å². The van der Waals surface area contributed by atoms with Gasteiger partial charge in [-0.2, -0.15) is 15.1 Å². The Kier molecular flexibility index (Phi) is 7.49. The molecule has 43 heavy (non-hydrogen) atoms. The first-order chi connectivity index (χ1) is 20.7. The van der Waals surface area contributed by atoms with Crippen LogP contribution in [0.4, 0.5) is 19.0 Å². The molecule has 0 N–H and O–H groups in total. The van der Waals surface area contributed by atoms with E-state index in [1.807, 2.05) is 21.5 Å². The average molecular weight is 664 g/mol. The van der Waals surface area contributed by atoms with Crippen molar-refractivity contribution in [2.24, 2.45) is 0 Å². The molecule has 14 heteroatoms. The van der Waals surface area contributed by atoms with Gasteiger partial charge in [0, 0.05) is 57.6 Å². The van der Waals surface area contributed by atoms with Crippen molar-refractivity contribution >= 4 is 38.6 Å². The van der Waals surface area contributed by atoms with Crippen molar-refractivity contribution in [1.29, 1.82) is 0 Å². The third-order valence-electron chi connectivity index (χ3n) is 9.34. The van der Waals surface area contributed by atoms with E-state index in [2.05, 4.69) is 40.8 Å². The van der Waals surface area contributed by atoms with Gasteiger partial charge in [0.15, 0.2) is 11.5 Å². The van der Waals surface area contributed by atoms with Crippen molar-refractivity contribution in [3.05, 3.63) is 39.6 Å². The number of alkyl halides is 1. The molecule has 0 radical (unpaired) electrons. The Labute approximate surface area is 255 Å². The fraction of sp³-hybridized carbons (Fsp3) is 0.586. The minimum Gasteiger partial charge on any atom is -0.461 e. The molecule has 3 fully saturated rings. The highest BCUT2D eigenvalue weighted by Crippen LogP contribution is 2.41. The van der Waals surface area contributed by atoms with E-state index in [-0.39, 0.29) is 33.9 Å². The molecule has 10 nitrogen and oxygen atoms in total. The summed E-state index contributed by atoms with van der Waals surface area (Å²) >= 11 is 3.00. The third kappa shape index (κ3) is 5.24. The maximum absolute atomic E-state index is 15.4. The summed E-state index contributed by atoms with van der Waals surface area (Å²) in [5.41, 5.74) is 0.707. The van der Waals surface area contributed by atoms with Crippen LogP contribution in [-0.2, 0) is 13.1 Å². The fourth-order valence-corrected chi connectivity index (χ4v) is 7.31. The van der Waals surface area contributed by atoms with E-state index in [0.717, 1.165) is 38.2 Å². The van der Waals surface area contributed by atoms with Gasteiger partial charge in [-0.15, -0.1) is 0 Å². The Morgan fingerprint density at radius 3 is 2.72 bits per heavy atom. The molecule has 6 heterocycles. The van der Waals surface area contributed by atoms with Gasteiger partial charge in [-0.1, -0.05) is 0 Å². The Morgan fingerprint density at radius 1 is 1.09 bits per heavy atom. The number of carbonyl (C=O) groups is 1. The first-order valence-electron chi connectivity index (χ1n) is 14.9. The number of halogens is 4. The Bertz CT molecular complexity index is 1560. The number of benzene rings is 1. The number of piperazine rings is 1. The highest BCUT2D eigenvalue weighted by Gasteiger charge is 2.49. The summed E-state index contributed by atoms with van der Waals surface area (Å²) in [6, 6.07) is 3.00. The predicted octanol–water partition coefficient (Wildman–Crippen LogP) is 3.62. The number of anilines is 1. The number of amides is 1. The molecule has 0 spiro atoms. The molecule has 2 aromatic heterocycles. The summed E-state index contributed by atoms with van der Waals surface area (Å²) in [5, 5.41) is 4.85. The molecule has 0 saturated carbocycles. The number of likely N-dealkylation sites (N-methyl/N-ethyl adjacent to an activating group) is 1. The molecule has 4 aliphatic heterocycles. The summed E-state index contributed by atoms with van der Waals surface area (Å²) in [4.78, 5) is 30.4. The Morgan fingerprint density at radius 2 is 1.91 bits per heavy atom. The van der Waals surface area contributed by atoms with Gasteiger partial charge in [-0.25, -0.2) is 13.2 Å². The number of hydrogen-bond donors (Lipinski definition) is 0. The first-order valence-corrected chi connectivity index (χ1v) is 15.7. The lowest BCUT2D eigenvalue weighted by Crippen LogP contribution is -2.47. The van der Waals surface area contributed by atoms with Gasteiger partial charge in [0.2, 0.25) is 0 Å². The maximum Gasteiger partial charge on any atom is 0.319 e. The SMILES string of the molecule is CN1CCN(C(=O)c2cc3n(n2)CCCN(c2nc(OC[C@@]45CCCN4C[C@H](F)C5)nc4c(F)c(Br)c(F)cc24)C3)CC1. The molecule has 0 aliphatic carbocycles. The van der Waals surface area contributed by atoms with Gasteiger partial charge >= 0.3 is 6.01 Å². The number of rotatable bonds is 5. The van der Waals surface area contributed by atoms with Crippen LogP contribution >= 0.6 is 15.9 Å². The fourth-order valence-electron chi connectivity index (χ4n) is 7.01. The van der Waals surface area contributed by atoms with Gasteiger partial charge in [0.25, 0.3) is 5.91 Å². The molecule has 4 aliphatic rings. The molecule has 0 bridgehead atoms. The number of carbonyl (C=O) groups excluding carboxylic acids is 1. The van der Waals surface area contributed by atoms with E-state index in [9.17, 15) is 13.6 Å². The third-order valence-corrected chi connectivity index (χ3v) is 10.1. The van der Waals surface area contributed by atoms with E-state index in [0.29, 0.717) is 63.6 Å². The molecule has 2 atom stereocenters. The maximum atomic E-state index is 15.4. The molecule has 3 saturated heterocycles. The van der Waals surface area contributed by atoms with Crippen LogP contribution in [0.5, 0.6) is 6.01 Å². The van der Waals surface area contributed by atoms with Crippen LogP contribution in [0.25, 0.3) is 10.9 Å². The van der Waals surface area contributed by atoms with Crippen LogP contribution < -0.4 is 9.64 Å². The second kappa shape index (κ2) is 11.2. The second-order valence-electron chi connectivity index (χ2n) is 12.2. The topological polar surface area (TPSA) is 82.9 Å². The molecular weight excluding hydrogens is 629 g/mol. The highest BCUT2D eigenvalue weighted by atomic mass is 79.9. The molecule has 7 rings (SSSR count). The number of nitrogens with zero attached hydrogens (tertiary/aromatic N) is 8. The zero-order chi connectivity index (χ0) is 29.9. The normalized spacial score (nSPS) is 24.8. The van der Waals surface area contributed by atoms with Crippen molar-refractivity contribution in [2.45, 2.75) is 50.5 Å². The number of hydrogen-bond acceptors (Lipinski definition) is 8. The van der Waals surface area contributed by atoms with Crippen LogP contribution in [0, 0.1) is 11.6 Å². The minimum atomic E-state index is -0.914. The highest BCUT2D eigenvalue weighted by molar-refractivity contribution is 9.10. The zero-order valence-corrected chi connectivity index (χ0v) is 25.6. The van der Waals surface area contributed by atoms with Gasteiger partial charge in [-0.05, 0) is 60.9 Å². The van der Waals surface area contributed by atoms with Crippen LogP contribution in [0.2, 0.25) is 0 Å². The summed E-state index contributed by atoms with van der Waals surface area (Å²) < 4.78 is 52.2. The second-order valence-corrected chi connectivity index (χ2v) is 13.0. The van der Waals surface area contributed by atoms with E-state index < -0.39 is 23.3 Å². The smallest absolute Gasteiger partial charge is 0.319 e. The molecule has 1 amide bonds. The molecule has 0 unspecified atom stereocenters. The summed E-state index contributed by atoms with van der Waals surface area (Å²) in [5.74, 6) is -1.36. The standard InChI is InChI=1S/C29H34BrF3N8O2/c1-37-8-10-38(11-9-37)27(42)22-12-19-16-39(5-3-7-41(19)36-22)26-20-13-21(32)23(30)24(33)25(20)34-28(35-26)43-17-29-4-2-6-40(29)15-18(31)14-29/h12-13,18H,2-11,14-17H2,1H3/t18-,29+/m1/s1. The molecule has 1 aromatic carbocycles. The van der Waals surface area contributed by atoms with Crippen molar-refractivity contribution in [2.75, 3.05) is 64.4 Å². The van der Waals surface area contributed by atoms with Crippen molar-refractivity contribution < 1.29 is 22.7 Å². The van der Waals surface area contributed by atoms with Crippen LogP contribution in [0.1, 0.15) is 41.9 Å². The monoisotopic (exact) mass is 662 g/mol. The Balaban J connectivity index is 1.20. The molecular formula is C29H34BrF3N8O2. The number of aromatic nitrogens is 4. The van der Waals surface area contributed by atoms with Gasteiger partial charge in [0.1, 0.15) is 29.9 Å². The Hall–Kier alpha value is -2.97. The number of aryl methyl sites for hydroxylation is 1. The van der Waals surface area contributed by atoms with E-state index in [4.69, 9.17) is 4.74 Å². The van der Waals surface area contributed by atoms with Crippen LogP contribution in [0.3, 0.4) is 0 Å². The summed E-state index contributed by atoms with van der Waals surface area (Å²) in [6.45, 7) is 5.77. The average Bonchev–Trinajstić information content (AvgIpc) is 3.62. The minimum absolute atomic E-state index is 0.0351. The lowest BCUT2D eigenvalue weighted by molar-refractivity contribution is 0.0657. The quantitative estimate of drug-likeness (QED) is 0.384. The lowest BCUT2D eigenvalue weighted by Gasteiger charge is -2.31. The number of fused-ring (bicyclic) bond motifs is 3. The first kappa shape index (κ1) is 28.8. The van der Waals surface area contributed by atoms with Crippen molar-refractivity contribution in [3.63, 3.8) is 0 Å². The van der Waals surface area contributed by atoms with Crippen molar-refractivity contribution in [1.82, 2.24) is 34.4 Å². The summed E-state index contributed by atoms with van der Waals surface area (Å²) in [6.07, 6.45) is 1.91. The predicted molar refractivity (Wildman–Crippen MR) is 157 cm³/mol. The summed E-state index contributed by atoms with van der Waals surface area (Å²) in [7, 11) is 2.04. The van der Waals surface area contributed by atoms with Crippen LogP contribution in [0.15, 0.2) is 16.6 Å². The van der Waals surface area contributed by atoms with Crippen LogP contribution in [-0.4, -0.2) is 112 Å². The van der Waals surface area contributed by atoms with Gasteiger partial charge in [0.05, 0.1) is 22.3 Å². The van der Waals surface area contributed by atoms with E-state index in [1.54, 1.807) is 6.07 Å². The van der Waals surface area contributed by atoms with Crippen molar-refractivity contribution in [3.8, 4) is 6.01 Å². The van der Waals surface area contributed by atoms with E-state index >= 15 is 4.39 Å². The number of ether oxygens (including phenoxy) is 1. The largest absolute Gasteiger partial charge is 0.461 e. The lowest BCUT2D eigenvalue weighted by atomic mass is 9.95. The zero-order valence-electron chi connectivity index (χ0n) is 24.0. The van der Waals surface area contributed by atoms with Gasteiger partial charge in [-0.3, -0.25) is 14.4 Å². The van der Waals surface area contributed by atoms with Gasteiger partial charge < -0.3 is 19.4 Å².